The van der Waals surface area contributed by atoms with Crippen LogP contribution in [0.5, 0.6) is 5.75 Å². The van der Waals surface area contributed by atoms with Crippen molar-refractivity contribution < 1.29 is 19.1 Å². The number of imide groups is 1. The molecule has 29 heavy (non-hydrogen) atoms. The summed E-state index contributed by atoms with van der Waals surface area (Å²) in [6.45, 7) is 2.12. The zero-order valence-corrected chi connectivity index (χ0v) is 16.2. The van der Waals surface area contributed by atoms with Gasteiger partial charge >= 0.3 is 6.03 Å². The van der Waals surface area contributed by atoms with Crippen molar-refractivity contribution in [2.45, 2.75) is 31.7 Å². The van der Waals surface area contributed by atoms with Gasteiger partial charge in [-0.1, -0.05) is 24.3 Å². The number of anilines is 1. The van der Waals surface area contributed by atoms with E-state index in [0.29, 0.717) is 24.5 Å². The van der Waals surface area contributed by atoms with Gasteiger partial charge in [0.05, 0.1) is 6.61 Å². The summed E-state index contributed by atoms with van der Waals surface area (Å²) in [4.78, 5) is 39.3. The molecule has 1 atom stereocenters. The lowest BCUT2D eigenvalue weighted by Gasteiger charge is -2.33. The van der Waals surface area contributed by atoms with E-state index in [4.69, 9.17) is 4.74 Å². The summed E-state index contributed by atoms with van der Waals surface area (Å²) in [7, 11) is 0. The Morgan fingerprint density at radius 3 is 2.69 bits per heavy atom. The van der Waals surface area contributed by atoms with E-state index in [-0.39, 0.29) is 12.5 Å². The first kappa shape index (κ1) is 19.0. The number of carbonyl (C=O) groups is 3. The lowest BCUT2D eigenvalue weighted by molar-refractivity contribution is -0.134. The van der Waals surface area contributed by atoms with Crippen molar-refractivity contribution in [1.29, 1.82) is 0 Å². The van der Waals surface area contributed by atoms with Crippen LogP contribution in [0.2, 0.25) is 0 Å². The van der Waals surface area contributed by atoms with Crippen LogP contribution in [-0.2, 0) is 21.5 Å². The maximum Gasteiger partial charge on any atom is 0.325 e. The van der Waals surface area contributed by atoms with E-state index in [0.717, 1.165) is 28.9 Å². The van der Waals surface area contributed by atoms with Crippen molar-refractivity contribution in [3.63, 3.8) is 0 Å². The van der Waals surface area contributed by atoms with Crippen LogP contribution >= 0.6 is 0 Å². The monoisotopic (exact) mass is 393 g/mol. The molecule has 2 aromatic carbocycles. The third-order valence-corrected chi connectivity index (χ3v) is 5.40. The molecule has 2 aliphatic rings. The molecule has 0 unspecified atom stereocenters. The first-order chi connectivity index (χ1) is 14.0. The Balaban J connectivity index is 1.48. The first-order valence-electron chi connectivity index (χ1n) is 9.79. The molecule has 0 radical (unpaired) electrons. The Hall–Kier alpha value is -3.35. The molecule has 1 heterocycles. The van der Waals surface area contributed by atoms with E-state index in [1.54, 1.807) is 24.3 Å². The maximum absolute atomic E-state index is 13.2. The highest BCUT2D eigenvalue weighted by atomic mass is 16.5. The predicted molar refractivity (Wildman–Crippen MR) is 108 cm³/mol. The Morgan fingerprint density at radius 2 is 1.93 bits per heavy atom. The van der Waals surface area contributed by atoms with Crippen LogP contribution in [0.25, 0.3) is 0 Å². The average Bonchev–Trinajstić information content (AvgIpc) is 2.95. The number of nitrogens with one attached hydrogen (secondary N) is 2. The number of rotatable bonds is 5. The molecule has 7 nitrogen and oxygen atoms in total. The summed E-state index contributed by atoms with van der Waals surface area (Å²) in [6.07, 6.45) is 2.21. The van der Waals surface area contributed by atoms with Crippen LogP contribution in [0.1, 0.15) is 30.9 Å². The highest BCUT2D eigenvalue weighted by Gasteiger charge is 2.54. The number of benzene rings is 2. The number of carbonyl (C=O) groups excluding carboxylic acids is 3. The van der Waals surface area contributed by atoms with E-state index in [1.165, 1.54) is 0 Å². The lowest BCUT2D eigenvalue weighted by atomic mass is 9.76. The van der Waals surface area contributed by atoms with Gasteiger partial charge in [-0.25, -0.2) is 4.79 Å². The Morgan fingerprint density at radius 1 is 1.17 bits per heavy atom. The summed E-state index contributed by atoms with van der Waals surface area (Å²) in [5, 5.41) is 5.58. The number of nitrogens with zero attached hydrogens (tertiary/aromatic N) is 1. The number of ether oxygens (including phenoxy) is 1. The SMILES string of the molecule is CCOc1ccc(NC(=O)CN2C(=O)N[C@]3(CCCc4ccccc43)C2=O)cc1. The van der Waals surface area contributed by atoms with Crippen molar-refractivity contribution >= 4 is 23.5 Å². The predicted octanol–water partition coefficient (Wildman–Crippen LogP) is 2.81. The zero-order chi connectivity index (χ0) is 20.4. The van der Waals surface area contributed by atoms with Gasteiger partial charge in [-0.2, -0.15) is 0 Å². The summed E-state index contributed by atoms with van der Waals surface area (Å²) in [6, 6.07) is 14.1. The molecule has 1 fully saturated rings. The molecule has 2 N–H and O–H groups in total. The van der Waals surface area contributed by atoms with Crippen molar-refractivity contribution in [1.82, 2.24) is 10.2 Å². The second-order valence-electron chi connectivity index (χ2n) is 7.24. The minimum atomic E-state index is -1.06. The smallest absolute Gasteiger partial charge is 0.325 e. The van der Waals surface area contributed by atoms with Crippen molar-refractivity contribution in [2.24, 2.45) is 0 Å². The molecule has 4 rings (SSSR count). The van der Waals surface area contributed by atoms with Crippen LogP contribution in [0.15, 0.2) is 48.5 Å². The number of fused-ring (bicyclic) bond motifs is 2. The Kier molecular flexibility index (Phi) is 4.96. The molecule has 1 saturated heterocycles. The minimum absolute atomic E-state index is 0.332. The molecule has 0 saturated carbocycles. The number of hydrogen-bond donors (Lipinski definition) is 2. The maximum atomic E-state index is 13.2. The molecule has 1 aliphatic carbocycles. The van der Waals surface area contributed by atoms with E-state index in [9.17, 15) is 14.4 Å². The van der Waals surface area contributed by atoms with Gasteiger partial charge in [-0.05, 0) is 61.6 Å². The van der Waals surface area contributed by atoms with E-state index in [2.05, 4.69) is 10.6 Å². The quantitative estimate of drug-likeness (QED) is 0.765. The topological polar surface area (TPSA) is 87.7 Å². The summed E-state index contributed by atoms with van der Waals surface area (Å²) in [5.41, 5.74) is 1.40. The van der Waals surface area contributed by atoms with Crippen LogP contribution in [0, 0.1) is 0 Å². The minimum Gasteiger partial charge on any atom is -0.494 e. The molecule has 1 spiro atoms. The standard InChI is InChI=1S/C22H23N3O4/c1-2-29-17-11-9-16(10-12-17)23-19(26)14-25-20(27)22(24-21(25)28)13-5-7-15-6-3-4-8-18(15)22/h3-4,6,8-12H,2,5,7,13-14H2,1H3,(H,23,26)(H,24,28)/t22-/m0/s1. The highest BCUT2D eigenvalue weighted by Crippen LogP contribution is 2.39. The molecular weight excluding hydrogens is 370 g/mol. The molecule has 7 heteroatoms. The largest absolute Gasteiger partial charge is 0.494 e. The van der Waals surface area contributed by atoms with Gasteiger partial charge < -0.3 is 15.4 Å². The zero-order valence-electron chi connectivity index (χ0n) is 16.2. The Labute approximate surface area is 169 Å². The van der Waals surface area contributed by atoms with Gasteiger partial charge in [-0.3, -0.25) is 14.5 Å². The van der Waals surface area contributed by atoms with Crippen LogP contribution in [-0.4, -0.2) is 35.9 Å². The van der Waals surface area contributed by atoms with Crippen molar-refractivity contribution in [3.05, 3.63) is 59.7 Å². The van der Waals surface area contributed by atoms with Gasteiger partial charge in [0, 0.05) is 5.69 Å². The number of hydrogen-bond acceptors (Lipinski definition) is 4. The van der Waals surface area contributed by atoms with E-state index < -0.39 is 17.5 Å². The average molecular weight is 393 g/mol. The van der Waals surface area contributed by atoms with Gasteiger partial charge in [0.25, 0.3) is 5.91 Å². The summed E-state index contributed by atoms with van der Waals surface area (Å²) >= 11 is 0. The molecular formula is C22H23N3O4. The molecule has 150 valence electrons. The van der Waals surface area contributed by atoms with Crippen LogP contribution in [0.3, 0.4) is 0 Å². The molecule has 4 amide bonds. The normalized spacial score (nSPS) is 20.4. The van der Waals surface area contributed by atoms with Crippen molar-refractivity contribution in [2.75, 3.05) is 18.5 Å². The third-order valence-electron chi connectivity index (χ3n) is 5.40. The van der Waals surface area contributed by atoms with Crippen molar-refractivity contribution in [3.8, 4) is 5.75 Å². The third kappa shape index (κ3) is 3.44. The van der Waals surface area contributed by atoms with E-state index >= 15 is 0 Å². The fraction of sp³-hybridized carbons (Fsp3) is 0.318. The van der Waals surface area contributed by atoms with Gasteiger partial charge in [0.2, 0.25) is 5.91 Å². The molecule has 0 aromatic heterocycles. The summed E-state index contributed by atoms with van der Waals surface area (Å²) in [5.74, 6) is -0.0900. The van der Waals surface area contributed by atoms with Crippen LogP contribution < -0.4 is 15.4 Å². The van der Waals surface area contributed by atoms with Gasteiger partial charge in [-0.15, -0.1) is 0 Å². The van der Waals surface area contributed by atoms with E-state index in [1.807, 2.05) is 31.2 Å². The molecule has 2 aromatic rings. The second kappa shape index (κ2) is 7.58. The lowest BCUT2D eigenvalue weighted by Crippen LogP contribution is -2.47. The first-order valence-corrected chi connectivity index (χ1v) is 9.79. The number of aryl methyl sites for hydroxylation is 1. The Bertz CT molecular complexity index is 957. The fourth-order valence-corrected chi connectivity index (χ4v) is 4.10. The highest BCUT2D eigenvalue weighted by molar-refractivity contribution is 6.10. The van der Waals surface area contributed by atoms with Crippen LogP contribution in [0.4, 0.5) is 10.5 Å². The molecule has 0 bridgehead atoms. The second-order valence-corrected chi connectivity index (χ2v) is 7.24. The van der Waals surface area contributed by atoms with Gasteiger partial charge in [0.15, 0.2) is 0 Å². The van der Waals surface area contributed by atoms with Gasteiger partial charge in [0.1, 0.15) is 17.8 Å². The fourth-order valence-electron chi connectivity index (χ4n) is 4.10. The summed E-state index contributed by atoms with van der Waals surface area (Å²) < 4.78 is 5.38. The molecule has 1 aliphatic heterocycles. The number of amides is 4. The number of urea groups is 1.